The molecule has 2 rings (SSSR count). The fraction of sp³-hybridized carbons (Fsp3) is 0.105. The van der Waals surface area contributed by atoms with Crippen molar-refractivity contribution in [2.24, 2.45) is 0 Å². The monoisotopic (exact) mass is 354 g/mol. The van der Waals surface area contributed by atoms with Crippen molar-refractivity contribution < 1.29 is 33.4 Å². The van der Waals surface area contributed by atoms with Gasteiger partial charge >= 0.3 is 11.9 Å². The number of carbonyl (C=O) groups excluding carboxylic acids is 5. The first kappa shape index (κ1) is 18.7. The molecular formula is C19H14O7. The molecule has 7 heteroatoms. The van der Waals surface area contributed by atoms with Crippen LogP contribution in [0, 0.1) is 0 Å². The van der Waals surface area contributed by atoms with E-state index in [1.54, 1.807) is 0 Å². The fourth-order valence-corrected chi connectivity index (χ4v) is 1.90. The van der Waals surface area contributed by atoms with Gasteiger partial charge in [0, 0.05) is 11.1 Å². The third-order valence-electron chi connectivity index (χ3n) is 3.29. The lowest BCUT2D eigenvalue weighted by molar-refractivity contribution is -0.125. The molecule has 0 aliphatic heterocycles. The van der Waals surface area contributed by atoms with Crippen LogP contribution in [0.1, 0.15) is 41.4 Å². The molecule has 0 aliphatic rings. The number of Topliss-reactive ketones (excluding diaryl/α,β-unsaturated/α-hetero) is 1. The minimum Gasteiger partial charge on any atom is -0.454 e. The van der Waals surface area contributed by atoms with Crippen molar-refractivity contribution in [1.82, 2.24) is 0 Å². The maximum Gasteiger partial charge on any atom is 0.338 e. The second-order valence-electron chi connectivity index (χ2n) is 5.17. The van der Waals surface area contributed by atoms with Crippen LogP contribution < -0.4 is 0 Å². The quantitative estimate of drug-likeness (QED) is 0.527. The molecule has 0 bridgehead atoms. The Morgan fingerprint density at radius 3 is 1.31 bits per heavy atom. The molecule has 2 aromatic carbocycles. The number of esters is 2. The summed E-state index contributed by atoms with van der Waals surface area (Å²) in [5, 5.41) is 0. The second-order valence-corrected chi connectivity index (χ2v) is 5.17. The van der Waals surface area contributed by atoms with Gasteiger partial charge in [0.1, 0.15) is 12.6 Å². The van der Waals surface area contributed by atoms with Crippen molar-refractivity contribution in [2.75, 3.05) is 13.2 Å². The van der Waals surface area contributed by atoms with E-state index in [2.05, 4.69) is 0 Å². The number of ketones is 1. The standard InChI is InChI=1S/C19H14O7/c20-9-13-1-5-15(6-2-13)18(23)25-11-17(22)12-26-19(24)16-7-3-14(10-21)4-8-16/h1-10H,11-12H2. The molecule has 0 spiro atoms. The number of benzene rings is 2. The summed E-state index contributed by atoms with van der Waals surface area (Å²) in [7, 11) is 0. The molecule has 0 aliphatic carbocycles. The third-order valence-corrected chi connectivity index (χ3v) is 3.29. The summed E-state index contributed by atoms with van der Waals surface area (Å²) in [6.07, 6.45) is 1.28. The molecule has 132 valence electrons. The minimum atomic E-state index is -0.730. The Bertz CT molecular complexity index is 750. The lowest BCUT2D eigenvalue weighted by Gasteiger charge is -2.06. The van der Waals surface area contributed by atoms with Crippen LogP contribution in [-0.2, 0) is 14.3 Å². The molecular weight excluding hydrogens is 340 g/mol. The van der Waals surface area contributed by atoms with Gasteiger partial charge in [-0.2, -0.15) is 0 Å². The Hall–Kier alpha value is -3.61. The number of rotatable bonds is 8. The molecule has 0 saturated carbocycles. The summed E-state index contributed by atoms with van der Waals surface area (Å²) in [5.41, 5.74) is 1.20. The Morgan fingerprint density at radius 1 is 0.654 bits per heavy atom. The van der Waals surface area contributed by atoms with Gasteiger partial charge in [0.25, 0.3) is 0 Å². The molecule has 0 fully saturated rings. The summed E-state index contributed by atoms with van der Waals surface area (Å²) in [4.78, 5) is 56.3. The first-order valence-electron chi connectivity index (χ1n) is 7.50. The van der Waals surface area contributed by atoms with Crippen LogP contribution in [0.25, 0.3) is 0 Å². The Morgan fingerprint density at radius 2 is 1.00 bits per heavy atom. The van der Waals surface area contributed by atoms with Crippen LogP contribution in [-0.4, -0.2) is 43.5 Å². The molecule has 0 radical (unpaired) electrons. The van der Waals surface area contributed by atoms with Crippen molar-refractivity contribution in [1.29, 1.82) is 0 Å². The van der Waals surface area contributed by atoms with E-state index in [1.165, 1.54) is 48.5 Å². The summed E-state index contributed by atoms with van der Waals surface area (Å²) < 4.78 is 9.65. The molecule has 0 amide bonds. The molecule has 26 heavy (non-hydrogen) atoms. The first-order chi connectivity index (χ1) is 12.5. The van der Waals surface area contributed by atoms with Gasteiger partial charge in [0.15, 0.2) is 13.2 Å². The molecule has 0 N–H and O–H groups in total. The van der Waals surface area contributed by atoms with Gasteiger partial charge in [0.05, 0.1) is 11.1 Å². The van der Waals surface area contributed by atoms with Crippen molar-refractivity contribution in [3.05, 3.63) is 70.8 Å². The largest absolute Gasteiger partial charge is 0.454 e. The van der Waals surface area contributed by atoms with Gasteiger partial charge in [-0.1, -0.05) is 24.3 Å². The highest BCUT2D eigenvalue weighted by Crippen LogP contribution is 2.06. The minimum absolute atomic E-state index is 0.190. The molecule has 0 heterocycles. The van der Waals surface area contributed by atoms with E-state index in [1.807, 2.05) is 0 Å². The maximum atomic E-state index is 11.8. The number of hydrogen-bond donors (Lipinski definition) is 0. The number of ether oxygens (including phenoxy) is 2. The molecule has 0 aromatic heterocycles. The van der Waals surface area contributed by atoms with Crippen LogP contribution in [0.2, 0.25) is 0 Å². The average molecular weight is 354 g/mol. The lowest BCUT2D eigenvalue weighted by Crippen LogP contribution is -2.20. The topological polar surface area (TPSA) is 104 Å². The maximum absolute atomic E-state index is 11.8. The second kappa shape index (κ2) is 9.03. The van der Waals surface area contributed by atoms with E-state index >= 15 is 0 Å². The van der Waals surface area contributed by atoms with E-state index < -0.39 is 30.9 Å². The van der Waals surface area contributed by atoms with Crippen LogP contribution >= 0.6 is 0 Å². The van der Waals surface area contributed by atoms with Crippen molar-refractivity contribution in [2.45, 2.75) is 0 Å². The van der Waals surface area contributed by atoms with E-state index in [-0.39, 0.29) is 11.1 Å². The molecule has 2 aromatic rings. The summed E-state index contributed by atoms with van der Waals surface area (Å²) in [5.74, 6) is -2.06. The number of carbonyl (C=O) groups is 5. The SMILES string of the molecule is O=Cc1ccc(C(=O)OCC(=O)COC(=O)c2ccc(C=O)cc2)cc1. The molecule has 0 atom stereocenters. The van der Waals surface area contributed by atoms with Crippen LogP contribution in [0.4, 0.5) is 0 Å². The molecule has 0 saturated heterocycles. The molecule has 7 nitrogen and oxygen atoms in total. The normalized spacial score (nSPS) is 9.85. The highest BCUT2D eigenvalue weighted by atomic mass is 16.6. The number of hydrogen-bond acceptors (Lipinski definition) is 7. The van der Waals surface area contributed by atoms with E-state index in [9.17, 15) is 24.0 Å². The fourth-order valence-electron chi connectivity index (χ4n) is 1.90. The first-order valence-corrected chi connectivity index (χ1v) is 7.50. The number of aldehydes is 2. The smallest absolute Gasteiger partial charge is 0.338 e. The van der Waals surface area contributed by atoms with E-state index in [4.69, 9.17) is 9.47 Å². The van der Waals surface area contributed by atoms with E-state index in [0.29, 0.717) is 23.7 Å². The zero-order chi connectivity index (χ0) is 18.9. The van der Waals surface area contributed by atoms with Gasteiger partial charge in [-0.15, -0.1) is 0 Å². The van der Waals surface area contributed by atoms with Gasteiger partial charge in [-0.25, -0.2) is 9.59 Å². The summed E-state index contributed by atoms with van der Waals surface area (Å²) in [6.45, 7) is -1.10. The van der Waals surface area contributed by atoms with Gasteiger partial charge in [-0.3, -0.25) is 14.4 Å². The Labute approximate surface area is 148 Å². The Kier molecular flexibility index (Phi) is 6.50. The third kappa shape index (κ3) is 5.20. The van der Waals surface area contributed by atoms with E-state index in [0.717, 1.165) is 0 Å². The van der Waals surface area contributed by atoms with Crippen LogP contribution in [0.5, 0.6) is 0 Å². The van der Waals surface area contributed by atoms with Gasteiger partial charge in [-0.05, 0) is 24.3 Å². The summed E-state index contributed by atoms with van der Waals surface area (Å²) >= 11 is 0. The summed E-state index contributed by atoms with van der Waals surface area (Å²) in [6, 6.07) is 11.4. The van der Waals surface area contributed by atoms with Crippen molar-refractivity contribution in [3.63, 3.8) is 0 Å². The zero-order valence-corrected chi connectivity index (χ0v) is 13.5. The zero-order valence-electron chi connectivity index (χ0n) is 13.5. The highest BCUT2D eigenvalue weighted by molar-refractivity contribution is 5.94. The van der Waals surface area contributed by atoms with Crippen molar-refractivity contribution in [3.8, 4) is 0 Å². The predicted molar refractivity (Wildman–Crippen MR) is 89.2 cm³/mol. The van der Waals surface area contributed by atoms with Crippen LogP contribution in [0.15, 0.2) is 48.5 Å². The lowest BCUT2D eigenvalue weighted by atomic mass is 10.1. The molecule has 0 unspecified atom stereocenters. The average Bonchev–Trinajstić information content (AvgIpc) is 2.70. The van der Waals surface area contributed by atoms with Gasteiger partial charge in [0.2, 0.25) is 5.78 Å². The van der Waals surface area contributed by atoms with Crippen molar-refractivity contribution >= 4 is 30.3 Å². The van der Waals surface area contributed by atoms with Gasteiger partial charge < -0.3 is 9.47 Å². The van der Waals surface area contributed by atoms with Crippen LogP contribution in [0.3, 0.4) is 0 Å². The highest BCUT2D eigenvalue weighted by Gasteiger charge is 2.13. The predicted octanol–water partition coefficient (Wildman–Crippen LogP) is 1.89. The Balaban J connectivity index is 1.78.